The minimum absolute atomic E-state index is 0.164. The first-order valence-electron chi connectivity index (χ1n) is 8.63. The smallest absolute Gasteiger partial charge is 0.225 e. The van der Waals surface area contributed by atoms with Crippen LogP contribution in [0.3, 0.4) is 0 Å². The van der Waals surface area contributed by atoms with Crippen molar-refractivity contribution >= 4 is 11.7 Å². The van der Waals surface area contributed by atoms with E-state index in [-0.39, 0.29) is 5.92 Å². The molecule has 3 rings (SSSR count). The van der Waals surface area contributed by atoms with Crippen LogP contribution in [0.2, 0.25) is 0 Å². The quantitative estimate of drug-likeness (QED) is 0.916. The molecule has 1 atom stereocenters. The summed E-state index contributed by atoms with van der Waals surface area (Å²) >= 11 is 0. The molecule has 2 aliphatic heterocycles. The highest BCUT2D eigenvalue weighted by Gasteiger charge is 2.30. The van der Waals surface area contributed by atoms with Gasteiger partial charge >= 0.3 is 0 Å². The largest absolute Gasteiger partial charge is 0.381 e. The van der Waals surface area contributed by atoms with Crippen LogP contribution in [-0.4, -0.2) is 54.4 Å². The van der Waals surface area contributed by atoms with E-state index in [0.717, 1.165) is 69.9 Å². The van der Waals surface area contributed by atoms with Crippen LogP contribution in [0.5, 0.6) is 0 Å². The van der Waals surface area contributed by atoms with Gasteiger partial charge in [-0.05, 0) is 50.2 Å². The average Bonchev–Trinajstić information content (AvgIpc) is 2.63. The fourth-order valence-corrected chi connectivity index (χ4v) is 3.53. The highest BCUT2D eigenvalue weighted by molar-refractivity contribution is 5.79. The standard InChI is InChI=1S/C17H26N4O2/c1-18-16-5-4-15(19-20-16)11-13-3-2-8-21(12-13)17(22)14-6-9-23-10-7-14/h4-5,13-14H,2-3,6-12H2,1H3,(H,18,20). The number of nitrogens with one attached hydrogen (secondary N) is 1. The maximum absolute atomic E-state index is 12.7. The van der Waals surface area contributed by atoms with E-state index in [4.69, 9.17) is 4.74 Å². The highest BCUT2D eigenvalue weighted by atomic mass is 16.5. The lowest BCUT2D eigenvalue weighted by molar-refractivity contribution is -0.140. The van der Waals surface area contributed by atoms with Gasteiger partial charge in [-0.1, -0.05) is 0 Å². The number of anilines is 1. The Morgan fingerprint density at radius 1 is 1.30 bits per heavy atom. The van der Waals surface area contributed by atoms with Crippen LogP contribution in [-0.2, 0) is 16.0 Å². The summed E-state index contributed by atoms with van der Waals surface area (Å²) in [6.45, 7) is 3.20. The van der Waals surface area contributed by atoms with Crippen molar-refractivity contribution in [2.24, 2.45) is 11.8 Å². The van der Waals surface area contributed by atoms with Crippen LogP contribution in [0.15, 0.2) is 12.1 Å². The molecule has 1 aromatic rings. The zero-order valence-electron chi connectivity index (χ0n) is 13.8. The van der Waals surface area contributed by atoms with E-state index in [1.165, 1.54) is 0 Å². The lowest BCUT2D eigenvalue weighted by Gasteiger charge is -2.35. The van der Waals surface area contributed by atoms with Crippen LogP contribution >= 0.6 is 0 Å². The summed E-state index contributed by atoms with van der Waals surface area (Å²) in [5.41, 5.74) is 1.01. The Labute approximate surface area is 137 Å². The molecule has 0 aliphatic carbocycles. The first-order valence-corrected chi connectivity index (χ1v) is 8.63. The number of rotatable bonds is 4. The van der Waals surface area contributed by atoms with Crippen molar-refractivity contribution in [2.45, 2.75) is 32.1 Å². The molecule has 0 radical (unpaired) electrons. The Bertz CT molecular complexity index is 514. The van der Waals surface area contributed by atoms with Crippen molar-refractivity contribution in [3.05, 3.63) is 17.8 Å². The van der Waals surface area contributed by atoms with Crippen molar-refractivity contribution in [1.29, 1.82) is 0 Å². The lowest BCUT2D eigenvalue weighted by Crippen LogP contribution is -2.44. The Morgan fingerprint density at radius 2 is 2.13 bits per heavy atom. The molecule has 3 heterocycles. The molecule has 6 nitrogen and oxygen atoms in total. The number of piperidine rings is 1. The summed E-state index contributed by atoms with van der Waals surface area (Å²) in [5, 5.41) is 11.4. The molecular formula is C17H26N4O2. The van der Waals surface area contributed by atoms with Crippen LogP contribution in [0, 0.1) is 11.8 Å². The molecule has 126 valence electrons. The van der Waals surface area contributed by atoms with Gasteiger partial charge in [-0.3, -0.25) is 4.79 Å². The molecular weight excluding hydrogens is 292 g/mol. The number of carbonyl (C=O) groups excluding carboxylic acids is 1. The fraction of sp³-hybridized carbons (Fsp3) is 0.706. The molecule has 6 heteroatoms. The summed E-state index contributed by atoms with van der Waals surface area (Å²) in [6, 6.07) is 3.98. The number of likely N-dealkylation sites (tertiary alicyclic amines) is 1. The topological polar surface area (TPSA) is 67.4 Å². The number of ether oxygens (including phenoxy) is 1. The monoisotopic (exact) mass is 318 g/mol. The Kier molecular flexibility index (Phi) is 5.43. The van der Waals surface area contributed by atoms with Gasteiger partial charge in [0, 0.05) is 39.3 Å². The number of amides is 1. The van der Waals surface area contributed by atoms with E-state index in [1.54, 1.807) is 0 Å². The molecule has 2 fully saturated rings. The third-order valence-electron chi connectivity index (χ3n) is 4.87. The van der Waals surface area contributed by atoms with Crippen molar-refractivity contribution < 1.29 is 9.53 Å². The predicted molar refractivity (Wildman–Crippen MR) is 88.1 cm³/mol. The Hall–Kier alpha value is -1.69. The van der Waals surface area contributed by atoms with Gasteiger partial charge in [-0.25, -0.2) is 0 Å². The molecule has 1 unspecified atom stereocenters. The summed E-state index contributed by atoms with van der Waals surface area (Å²) in [5.74, 6) is 1.77. The normalized spacial score (nSPS) is 22.8. The maximum atomic E-state index is 12.7. The molecule has 1 N–H and O–H groups in total. The second-order valence-corrected chi connectivity index (χ2v) is 6.54. The van der Waals surface area contributed by atoms with Crippen molar-refractivity contribution in [1.82, 2.24) is 15.1 Å². The van der Waals surface area contributed by atoms with Gasteiger partial charge in [-0.2, -0.15) is 5.10 Å². The summed E-state index contributed by atoms with van der Waals surface area (Å²) in [6.07, 6.45) is 4.89. The molecule has 0 spiro atoms. The zero-order valence-corrected chi connectivity index (χ0v) is 13.8. The molecule has 0 aromatic carbocycles. The first-order chi connectivity index (χ1) is 11.3. The molecule has 1 amide bonds. The lowest BCUT2D eigenvalue weighted by atomic mass is 9.91. The van der Waals surface area contributed by atoms with Gasteiger partial charge in [0.05, 0.1) is 5.69 Å². The van der Waals surface area contributed by atoms with Gasteiger partial charge in [0.1, 0.15) is 5.82 Å². The van der Waals surface area contributed by atoms with Gasteiger partial charge in [-0.15, -0.1) is 5.10 Å². The van der Waals surface area contributed by atoms with Gasteiger partial charge in [0.15, 0.2) is 0 Å². The van der Waals surface area contributed by atoms with E-state index in [1.807, 2.05) is 19.2 Å². The van der Waals surface area contributed by atoms with E-state index in [0.29, 0.717) is 11.8 Å². The van der Waals surface area contributed by atoms with E-state index in [2.05, 4.69) is 20.4 Å². The number of hydrogen-bond donors (Lipinski definition) is 1. The summed E-state index contributed by atoms with van der Waals surface area (Å²) < 4.78 is 5.37. The molecule has 0 saturated carbocycles. The average molecular weight is 318 g/mol. The van der Waals surface area contributed by atoms with Gasteiger partial charge < -0.3 is 15.0 Å². The highest BCUT2D eigenvalue weighted by Crippen LogP contribution is 2.24. The maximum Gasteiger partial charge on any atom is 0.225 e. The molecule has 2 aliphatic rings. The van der Waals surface area contributed by atoms with E-state index >= 15 is 0 Å². The fourth-order valence-electron chi connectivity index (χ4n) is 3.53. The second kappa shape index (κ2) is 7.73. The van der Waals surface area contributed by atoms with Crippen LogP contribution < -0.4 is 5.32 Å². The minimum atomic E-state index is 0.164. The summed E-state index contributed by atoms with van der Waals surface area (Å²) in [7, 11) is 1.84. The van der Waals surface area contributed by atoms with Crippen molar-refractivity contribution in [3.8, 4) is 0 Å². The van der Waals surface area contributed by atoms with Gasteiger partial charge in [0.25, 0.3) is 0 Å². The molecule has 1 aromatic heterocycles. The second-order valence-electron chi connectivity index (χ2n) is 6.54. The predicted octanol–water partition coefficient (Wildman–Crippen LogP) is 1.73. The Morgan fingerprint density at radius 3 is 2.83 bits per heavy atom. The number of aromatic nitrogens is 2. The molecule has 0 bridgehead atoms. The van der Waals surface area contributed by atoms with Gasteiger partial charge in [0.2, 0.25) is 5.91 Å². The third-order valence-corrected chi connectivity index (χ3v) is 4.87. The van der Waals surface area contributed by atoms with E-state index < -0.39 is 0 Å². The number of hydrogen-bond acceptors (Lipinski definition) is 5. The number of carbonyl (C=O) groups is 1. The number of nitrogens with zero attached hydrogens (tertiary/aromatic N) is 3. The van der Waals surface area contributed by atoms with Crippen LogP contribution in [0.4, 0.5) is 5.82 Å². The van der Waals surface area contributed by atoms with E-state index in [9.17, 15) is 4.79 Å². The zero-order chi connectivity index (χ0) is 16.1. The molecule has 23 heavy (non-hydrogen) atoms. The van der Waals surface area contributed by atoms with Crippen molar-refractivity contribution in [3.63, 3.8) is 0 Å². The molecule has 2 saturated heterocycles. The van der Waals surface area contributed by atoms with Crippen LogP contribution in [0.25, 0.3) is 0 Å². The third kappa shape index (κ3) is 4.19. The first kappa shape index (κ1) is 16.2. The SMILES string of the molecule is CNc1ccc(CC2CCCN(C(=O)C3CCOCC3)C2)nn1. The summed E-state index contributed by atoms with van der Waals surface area (Å²) in [4.78, 5) is 14.7. The Balaban J connectivity index is 1.55. The minimum Gasteiger partial charge on any atom is -0.381 e. The van der Waals surface area contributed by atoms with Crippen molar-refractivity contribution in [2.75, 3.05) is 38.7 Å². The van der Waals surface area contributed by atoms with Crippen LogP contribution in [0.1, 0.15) is 31.4 Å².